The number of nitrogens with zero attached hydrogens (tertiary/aromatic N) is 1. The molecular formula is C20H25N3O3S. The van der Waals surface area contributed by atoms with Gasteiger partial charge in [0.15, 0.2) is 0 Å². The van der Waals surface area contributed by atoms with Crippen molar-refractivity contribution in [3.8, 4) is 0 Å². The highest BCUT2D eigenvalue weighted by molar-refractivity contribution is 7.89. The number of rotatable bonds is 5. The number of carbonyl (C=O) groups is 1. The van der Waals surface area contributed by atoms with Crippen LogP contribution in [0.15, 0.2) is 47.4 Å². The Labute approximate surface area is 160 Å². The van der Waals surface area contributed by atoms with E-state index < -0.39 is 10.0 Å². The Balaban J connectivity index is 1.76. The molecule has 2 N–H and O–H groups in total. The lowest BCUT2D eigenvalue weighted by molar-refractivity contribution is 0.102. The summed E-state index contributed by atoms with van der Waals surface area (Å²) in [4.78, 5) is 15.1. The van der Waals surface area contributed by atoms with Gasteiger partial charge in [0.25, 0.3) is 5.91 Å². The fourth-order valence-corrected chi connectivity index (χ4v) is 3.99. The van der Waals surface area contributed by atoms with Crippen LogP contribution in [0, 0.1) is 6.92 Å². The van der Waals surface area contributed by atoms with Crippen LogP contribution in [0.5, 0.6) is 0 Å². The van der Waals surface area contributed by atoms with Gasteiger partial charge >= 0.3 is 0 Å². The molecule has 6 nitrogen and oxygen atoms in total. The first kappa shape index (κ1) is 19.4. The molecule has 1 aliphatic heterocycles. The average molecular weight is 388 g/mol. The molecule has 2 aromatic carbocycles. The second-order valence-corrected chi connectivity index (χ2v) is 8.62. The van der Waals surface area contributed by atoms with Crippen LogP contribution in [0.3, 0.4) is 0 Å². The number of hydrogen-bond acceptors (Lipinski definition) is 4. The first-order valence-corrected chi connectivity index (χ1v) is 10.6. The van der Waals surface area contributed by atoms with E-state index in [1.807, 2.05) is 24.3 Å². The molecule has 0 unspecified atom stereocenters. The minimum atomic E-state index is -3.60. The Morgan fingerprint density at radius 1 is 1.00 bits per heavy atom. The fourth-order valence-electron chi connectivity index (χ4n) is 3.24. The van der Waals surface area contributed by atoms with Crippen molar-refractivity contribution in [2.75, 3.05) is 30.4 Å². The summed E-state index contributed by atoms with van der Waals surface area (Å²) in [5, 5.41) is 2.85. The van der Waals surface area contributed by atoms with Gasteiger partial charge in [0.05, 0.1) is 4.90 Å². The van der Waals surface area contributed by atoms with Crippen LogP contribution < -0.4 is 14.9 Å². The Kier molecular flexibility index (Phi) is 5.82. The Hall–Kier alpha value is -2.38. The van der Waals surface area contributed by atoms with Gasteiger partial charge in [0, 0.05) is 30.0 Å². The molecule has 1 amide bonds. The normalized spacial score (nSPS) is 14.8. The van der Waals surface area contributed by atoms with Crippen LogP contribution in [0.2, 0.25) is 0 Å². The maximum atomic E-state index is 12.7. The molecular weight excluding hydrogens is 362 g/mol. The highest BCUT2D eigenvalue weighted by Crippen LogP contribution is 2.23. The van der Waals surface area contributed by atoms with Gasteiger partial charge in [-0.3, -0.25) is 4.79 Å². The number of piperidine rings is 1. The van der Waals surface area contributed by atoms with Gasteiger partial charge in [0.2, 0.25) is 10.0 Å². The largest absolute Gasteiger partial charge is 0.372 e. The van der Waals surface area contributed by atoms with E-state index in [2.05, 4.69) is 14.9 Å². The second-order valence-electron chi connectivity index (χ2n) is 6.73. The molecule has 144 valence electrons. The number of nitrogens with one attached hydrogen (secondary N) is 2. The van der Waals surface area contributed by atoms with Crippen LogP contribution in [-0.4, -0.2) is 34.5 Å². The first-order chi connectivity index (χ1) is 12.9. The number of amides is 1. The quantitative estimate of drug-likeness (QED) is 0.826. The van der Waals surface area contributed by atoms with Crippen molar-refractivity contribution in [1.29, 1.82) is 0 Å². The summed E-state index contributed by atoms with van der Waals surface area (Å²) in [7, 11) is -2.25. The third kappa shape index (κ3) is 4.48. The summed E-state index contributed by atoms with van der Waals surface area (Å²) in [6.45, 7) is 3.92. The lowest BCUT2D eigenvalue weighted by Crippen LogP contribution is -2.29. The molecule has 0 aromatic heterocycles. The molecule has 1 saturated heterocycles. The van der Waals surface area contributed by atoms with E-state index in [-0.39, 0.29) is 10.8 Å². The lowest BCUT2D eigenvalue weighted by Gasteiger charge is -2.28. The van der Waals surface area contributed by atoms with E-state index in [1.54, 1.807) is 13.0 Å². The molecule has 3 rings (SSSR count). The van der Waals surface area contributed by atoms with E-state index in [0.29, 0.717) is 16.8 Å². The summed E-state index contributed by atoms with van der Waals surface area (Å²) in [6, 6.07) is 12.3. The SMILES string of the molecule is CNS(=O)(=O)c1ccc(C)c(C(=O)Nc2ccc(N3CCCCC3)cc2)c1. The zero-order chi connectivity index (χ0) is 19.4. The van der Waals surface area contributed by atoms with Gasteiger partial charge in [-0.05, 0) is 75.2 Å². The molecule has 0 spiro atoms. The maximum Gasteiger partial charge on any atom is 0.255 e. The molecule has 0 bridgehead atoms. The topological polar surface area (TPSA) is 78.5 Å². The predicted octanol–water partition coefficient (Wildman–Crippen LogP) is 3.15. The van der Waals surface area contributed by atoms with Crippen molar-refractivity contribution in [3.05, 3.63) is 53.6 Å². The van der Waals surface area contributed by atoms with Crippen molar-refractivity contribution in [2.24, 2.45) is 0 Å². The molecule has 0 saturated carbocycles. The standard InChI is InChI=1S/C20H25N3O3S/c1-15-6-11-18(27(25,26)21-2)14-19(15)20(24)22-16-7-9-17(10-8-16)23-12-4-3-5-13-23/h6-11,14,21H,3-5,12-13H2,1-2H3,(H,22,24). The van der Waals surface area contributed by atoms with Crippen LogP contribution >= 0.6 is 0 Å². The van der Waals surface area contributed by atoms with Crippen molar-refractivity contribution in [1.82, 2.24) is 4.72 Å². The minimum absolute atomic E-state index is 0.0706. The molecule has 0 aliphatic carbocycles. The lowest BCUT2D eigenvalue weighted by atomic mass is 10.1. The Morgan fingerprint density at radius 3 is 2.30 bits per heavy atom. The zero-order valence-corrected chi connectivity index (χ0v) is 16.5. The van der Waals surface area contributed by atoms with Gasteiger partial charge in [0.1, 0.15) is 0 Å². The van der Waals surface area contributed by atoms with Crippen molar-refractivity contribution < 1.29 is 13.2 Å². The molecule has 1 fully saturated rings. The monoisotopic (exact) mass is 387 g/mol. The summed E-state index contributed by atoms with van der Waals surface area (Å²) >= 11 is 0. The van der Waals surface area contributed by atoms with E-state index in [9.17, 15) is 13.2 Å². The number of anilines is 2. The summed E-state index contributed by atoms with van der Waals surface area (Å²) < 4.78 is 26.2. The number of sulfonamides is 1. The highest BCUT2D eigenvalue weighted by Gasteiger charge is 2.17. The molecule has 27 heavy (non-hydrogen) atoms. The first-order valence-electron chi connectivity index (χ1n) is 9.11. The maximum absolute atomic E-state index is 12.7. The van der Waals surface area contributed by atoms with Crippen LogP contribution in [-0.2, 0) is 10.0 Å². The average Bonchev–Trinajstić information content (AvgIpc) is 2.69. The van der Waals surface area contributed by atoms with E-state index in [4.69, 9.17) is 0 Å². The second kappa shape index (κ2) is 8.10. The van der Waals surface area contributed by atoms with Gasteiger partial charge in [-0.2, -0.15) is 0 Å². The Bertz CT molecular complexity index is 918. The Morgan fingerprint density at radius 2 is 1.67 bits per heavy atom. The molecule has 0 radical (unpaired) electrons. The third-order valence-corrected chi connectivity index (χ3v) is 6.29. The van der Waals surface area contributed by atoms with Gasteiger partial charge in [-0.25, -0.2) is 13.1 Å². The highest BCUT2D eigenvalue weighted by atomic mass is 32.2. The number of carbonyl (C=O) groups excluding carboxylic acids is 1. The number of aryl methyl sites for hydroxylation is 1. The third-order valence-electron chi connectivity index (χ3n) is 4.88. The van der Waals surface area contributed by atoms with Crippen LogP contribution in [0.4, 0.5) is 11.4 Å². The van der Waals surface area contributed by atoms with Gasteiger partial charge in [-0.1, -0.05) is 6.07 Å². The van der Waals surface area contributed by atoms with Crippen molar-refractivity contribution in [3.63, 3.8) is 0 Å². The molecule has 0 atom stereocenters. The predicted molar refractivity (Wildman–Crippen MR) is 108 cm³/mol. The molecule has 1 heterocycles. The van der Waals surface area contributed by atoms with Crippen LogP contribution in [0.25, 0.3) is 0 Å². The molecule has 1 aliphatic rings. The number of benzene rings is 2. The van der Waals surface area contributed by atoms with Gasteiger partial charge in [-0.15, -0.1) is 0 Å². The minimum Gasteiger partial charge on any atom is -0.372 e. The molecule has 7 heteroatoms. The van der Waals surface area contributed by atoms with E-state index >= 15 is 0 Å². The summed E-state index contributed by atoms with van der Waals surface area (Å²) in [6.07, 6.45) is 3.71. The van der Waals surface area contributed by atoms with E-state index in [0.717, 1.165) is 18.8 Å². The fraction of sp³-hybridized carbons (Fsp3) is 0.350. The smallest absolute Gasteiger partial charge is 0.255 e. The van der Waals surface area contributed by atoms with Crippen LogP contribution in [0.1, 0.15) is 35.2 Å². The van der Waals surface area contributed by atoms with Crippen molar-refractivity contribution >= 4 is 27.3 Å². The summed E-state index contributed by atoms with van der Waals surface area (Å²) in [5.41, 5.74) is 2.90. The number of hydrogen-bond donors (Lipinski definition) is 2. The van der Waals surface area contributed by atoms with Crippen molar-refractivity contribution in [2.45, 2.75) is 31.1 Å². The zero-order valence-electron chi connectivity index (χ0n) is 15.7. The van der Waals surface area contributed by atoms with E-state index in [1.165, 1.54) is 38.4 Å². The molecule has 2 aromatic rings. The van der Waals surface area contributed by atoms with Gasteiger partial charge < -0.3 is 10.2 Å². The summed E-state index contributed by atoms with van der Waals surface area (Å²) in [5.74, 6) is -0.327.